The second-order valence-corrected chi connectivity index (χ2v) is 4.29. The number of carbonyl (C=O) groups is 1. The van der Waals surface area contributed by atoms with E-state index in [-0.39, 0.29) is 24.9 Å². The third-order valence-electron chi connectivity index (χ3n) is 3.11. The Morgan fingerprint density at radius 2 is 1.93 bits per heavy atom. The molecule has 0 radical (unpaired) electrons. The summed E-state index contributed by atoms with van der Waals surface area (Å²) in [4.78, 5) is 13.3. The van der Waals surface area contributed by atoms with E-state index in [1.807, 2.05) is 13.8 Å². The predicted octanol–water partition coefficient (Wildman–Crippen LogP) is -1.08. The Hall–Kier alpha value is -0.650. The van der Waals surface area contributed by atoms with Crippen LogP contribution in [0.1, 0.15) is 20.3 Å². The molecule has 1 amide bonds. The van der Waals surface area contributed by atoms with Gasteiger partial charge in [0.25, 0.3) is 0 Å². The fourth-order valence-corrected chi connectivity index (χ4v) is 1.66. The Balaban J connectivity index is 2.54. The predicted molar refractivity (Wildman–Crippen MR) is 56.0 cm³/mol. The molecule has 1 rings (SSSR count). The first-order chi connectivity index (χ1) is 6.97. The van der Waals surface area contributed by atoms with E-state index in [9.17, 15) is 15.0 Å². The van der Waals surface area contributed by atoms with E-state index in [2.05, 4.69) is 0 Å². The van der Waals surface area contributed by atoms with Gasteiger partial charge in [0.05, 0.1) is 18.2 Å². The first-order valence-electron chi connectivity index (χ1n) is 5.37. The van der Waals surface area contributed by atoms with Crippen molar-refractivity contribution in [3.63, 3.8) is 0 Å². The van der Waals surface area contributed by atoms with Crippen molar-refractivity contribution in [2.75, 3.05) is 13.1 Å². The quantitative estimate of drug-likeness (QED) is 0.560. The molecule has 5 heteroatoms. The van der Waals surface area contributed by atoms with E-state index in [0.717, 1.165) is 6.42 Å². The van der Waals surface area contributed by atoms with Crippen LogP contribution >= 0.6 is 0 Å². The molecule has 4 atom stereocenters. The zero-order chi connectivity index (χ0) is 11.6. The lowest BCUT2D eigenvalue weighted by Crippen LogP contribution is -2.46. The summed E-state index contributed by atoms with van der Waals surface area (Å²) in [5, 5.41) is 18.6. The summed E-state index contributed by atoms with van der Waals surface area (Å²) < 4.78 is 0. The van der Waals surface area contributed by atoms with Crippen molar-refractivity contribution < 1.29 is 15.0 Å². The van der Waals surface area contributed by atoms with Gasteiger partial charge >= 0.3 is 0 Å². The van der Waals surface area contributed by atoms with Gasteiger partial charge in [-0.05, 0) is 5.92 Å². The van der Waals surface area contributed by atoms with Crippen molar-refractivity contribution in [1.82, 2.24) is 4.90 Å². The molecule has 5 nitrogen and oxygen atoms in total. The van der Waals surface area contributed by atoms with Gasteiger partial charge in [-0.3, -0.25) is 4.79 Å². The normalized spacial score (nSPS) is 30.3. The van der Waals surface area contributed by atoms with Crippen LogP contribution in [0.4, 0.5) is 0 Å². The van der Waals surface area contributed by atoms with Crippen LogP contribution in [0.2, 0.25) is 0 Å². The molecule has 0 bridgehead atoms. The molecular weight excluding hydrogens is 196 g/mol. The molecule has 0 aromatic rings. The average molecular weight is 216 g/mol. The van der Waals surface area contributed by atoms with Gasteiger partial charge in [-0.1, -0.05) is 20.3 Å². The Bertz CT molecular complexity index is 225. The van der Waals surface area contributed by atoms with Crippen molar-refractivity contribution in [2.24, 2.45) is 11.7 Å². The topological polar surface area (TPSA) is 86.8 Å². The minimum atomic E-state index is -0.835. The van der Waals surface area contributed by atoms with Gasteiger partial charge in [0.15, 0.2) is 0 Å². The molecule has 1 saturated heterocycles. The van der Waals surface area contributed by atoms with Crippen molar-refractivity contribution in [3.8, 4) is 0 Å². The van der Waals surface area contributed by atoms with Crippen LogP contribution in [-0.4, -0.2) is 52.4 Å². The third-order valence-corrected chi connectivity index (χ3v) is 3.11. The number of hydrogen-bond acceptors (Lipinski definition) is 4. The fourth-order valence-electron chi connectivity index (χ4n) is 1.66. The first-order valence-corrected chi connectivity index (χ1v) is 5.37. The van der Waals surface area contributed by atoms with E-state index >= 15 is 0 Å². The number of rotatable bonds is 3. The maximum atomic E-state index is 11.8. The van der Waals surface area contributed by atoms with Crippen molar-refractivity contribution in [1.29, 1.82) is 0 Å². The summed E-state index contributed by atoms with van der Waals surface area (Å²) in [7, 11) is 0. The molecule has 4 N–H and O–H groups in total. The largest absolute Gasteiger partial charge is 0.388 e. The molecule has 0 spiro atoms. The molecule has 1 aliphatic rings. The van der Waals surface area contributed by atoms with E-state index in [1.54, 1.807) is 0 Å². The molecule has 0 aromatic carbocycles. The zero-order valence-electron chi connectivity index (χ0n) is 9.26. The maximum absolute atomic E-state index is 11.8. The summed E-state index contributed by atoms with van der Waals surface area (Å²) in [6.45, 7) is 4.27. The first kappa shape index (κ1) is 12.4. The molecule has 0 aliphatic carbocycles. The highest BCUT2D eigenvalue weighted by molar-refractivity contribution is 5.82. The van der Waals surface area contributed by atoms with Gasteiger partial charge < -0.3 is 20.8 Å². The number of amides is 1. The van der Waals surface area contributed by atoms with Crippen LogP contribution in [0.5, 0.6) is 0 Å². The molecule has 15 heavy (non-hydrogen) atoms. The highest BCUT2D eigenvalue weighted by Crippen LogP contribution is 2.14. The molecule has 1 aliphatic heterocycles. The van der Waals surface area contributed by atoms with Crippen molar-refractivity contribution in [2.45, 2.75) is 38.5 Å². The van der Waals surface area contributed by atoms with Gasteiger partial charge in [0.1, 0.15) is 0 Å². The molecule has 88 valence electrons. The summed E-state index contributed by atoms with van der Waals surface area (Å²) in [5.41, 5.74) is 5.79. The molecule has 0 saturated carbocycles. The number of aliphatic hydroxyl groups is 2. The Morgan fingerprint density at radius 1 is 1.47 bits per heavy atom. The number of aliphatic hydroxyl groups excluding tert-OH is 2. The van der Waals surface area contributed by atoms with Crippen LogP contribution in [0, 0.1) is 5.92 Å². The maximum Gasteiger partial charge on any atom is 0.239 e. The van der Waals surface area contributed by atoms with Crippen molar-refractivity contribution in [3.05, 3.63) is 0 Å². The second-order valence-electron chi connectivity index (χ2n) is 4.29. The number of β-amino-alcohol motifs (C(OH)–C–C–N with tert-alkyl or cyclic N) is 2. The van der Waals surface area contributed by atoms with Crippen LogP contribution in [0.25, 0.3) is 0 Å². The molecule has 0 aromatic heterocycles. The van der Waals surface area contributed by atoms with Gasteiger partial charge in [-0.2, -0.15) is 0 Å². The second kappa shape index (κ2) is 4.92. The van der Waals surface area contributed by atoms with Gasteiger partial charge in [0.2, 0.25) is 5.91 Å². The van der Waals surface area contributed by atoms with Gasteiger partial charge in [0, 0.05) is 13.1 Å². The van der Waals surface area contributed by atoms with Gasteiger partial charge in [-0.15, -0.1) is 0 Å². The standard InChI is InChI=1S/C10H20N2O3/c1-3-6(2)9(11)10(15)12-4-7(13)8(14)5-12/h6-9,13-14H,3-5,11H2,1-2H3/t6?,7-,8+,9?. The van der Waals surface area contributed by atoms with E-state index in [4.69, 9.17) is 5.73 Å². The van der Waals surface area contributed by atoms with E-state index in [1.165, 1.54) is 4.90 Å². The average Bonchev–Trinajstić information content (AvgIpc) is 2.56. The summed E-state index contributed by atoms with van der Waals surface area (Å²) in [6, 6.07) is -0.535. The number of carbonyl (C=O) groups excluding carboxylic acids is 1. The summed E-state index contributed by atoms with van der Waals surface area (Å²) in [6.07, 6.45) is -0.831. The summed E-state index contributed by atoms with van der Waals surface area (Å²) in [5.74, 6) is -0.0627. The highest BCUT2D eigenvalue weighted by Gasteiger charge is 2.35. The Labute approximate surface area is 89.9 Å². The SMILES string of the molecule is CCC(C)C(N)C(=O)N1C[C@@H](O)[C@@H](O)C1. The van der Waals surface area contributed by atoms with E-state index < -0.39 is 18.2 Å². The number of likely N-dealkylation sites (tertiary alicyclic amines) is 1. The third kappa shape index (κ3) is 2.68. The lowest BCUT2D eigenvalue weighted by Gasteiger charge is -2.23. The minimum absolute atomic E-state index is 0.118. The minimum Gasteiger partial charge on any atom is -0.388 e. The van der Waals surface area contributed by atoms with Crippen LogP contribution in [-0.2, 0) is 4.79 Å². The molecular formula is C10H20N2O3. The molecule has 2 unspecified atom stereocenters. The van der Waals surface area contributed by atoms with E-state index in [0.29, 0.717) is 0 Å². The number of nitrogens with zero attached hydrogens (tertiary/aromatic N) is 1. The number of hydrogen-bond donors (Lipinski definition) is 3. The zero-order valence-corrected chi connectivity index (χ0v) is 9.26. The van der Waals surface area contributed by atoms with Gasteiger partial charge in [-0.25, -0.2) is 0 Å². The smallest absolute Gasteiger partial charge is 0.239 e. The lowest BCUT2D eigenvalue weighted by molar-refractivity contribution is -0.133. The van der Waals surface area contributed by atoms with Crippen LogP contribution in [0.15, 0.2) is 0 Å². The Morgan fingerprint density at radius 3 is 2.33 bits per heavy atom. The number of nitrogens with two attached hydrogens (primary N) is 1. The van der Waals surface area contributed by atoms with Crippen molar-refractivity contribution >= 4 is 5.91 Å². The highest BCUT2D eigenvalue weighted by atomic mass is 16.3. The monoisotopic (exact) mass is 216 g/mol. The molecule has 1 heterocycles. The Kier molecular flexibility index (Phi) is 4.07. The summed E-state index contributed by atoms with van der Waals surface area (Å²) >= 11 is 0. The lowest BCUT2D eigenvalue weighted by atomic mass is 9.99. The van der Waals surface area contributed by atoms with Crippen LogP contribution < -0.4 is 5.73 Å². The fraction of sp³-hybridized carbons (Fsp3) is 0.900. The molecule has 1 fully saturated rings. The van der Waals surface area contributed by atoms with Crippen LogP contribution in [0.3, 0.4) is 0 Å².